The fraction of sp³-hybridized carbons (Fsp3) is 0.500. The highest BCUT2D eigenvalue weighted by Crippen LogP contribution is 2.25. The van der Waals surface area contributed by atoms with E-state index in [1.807, 2.05) is 0 Å². The molecule has 2 unspecified atom stereocenters. The number of rotatable bonds is 4. The van der Waals surface area contributed by atoms with Gasteiger partial charge in [0.15, 0.2) is 0 Å². The molecule has 0 aromatic heterocycles. The average molecular weight is 367 g/mol. The monoisotopic (exact) mass is 366 g/mol. The van der Waals surface area contributed by atoms with Crippen molar-refractivity contribution in [2.75, 3.05) is 6.61 Å². The molecule has 8 heteroatoms. The fourth-order valence-electron chi connectivity index (χ4n) is 2.11. The standard InChI is InChI=1S/C12H16BrFN2O3S/c1-7-10(2-3-19-7)16-20(17,18)11-5-9(13)4-8(6-15)12(11)14/h4-5,7,10,16H,2-3,6,15H2,1H3. The Morgan fingerprint density at radius 1 is 1.55 bits per heavy atom. The minimum atomic E-state index is -3.95. The van der Waals surface area contributed by atoms with Crippen molar-refractivity contribution in [3.63, 3.8) is 0 Å². The van der Waals surface area contributed by atoms with Crippen molar-refractivity contribution < 1.29 is 17.5 Å². The summed E-state index contributed by atoms with van der Waals surface area (Å²) in [6.07, 6.45) is 0.341. The van der Waals surface area contributed by atoms with Gasteiger partial charge in [-0.15, -0.1) is 0 Å². The number of nitrogens with two attached hydrogens (primary N) is 1. The lowest BCUT2D eigenvalue weighted by atomic mass is 10.2. The van der Waals surface area contributed by atoms with Gasteiger partial charge in [0.05, 0.1) is 12.1 Å². The second-order valence-corrected chi connectivity index (χ2v) is 7.27. The normalized spacial score (nSPS) is 23.2. The molecule has 0 aliphatic carbocycles. The van der Waals surface area contributed by atoms with E-state index < -0.39 is 20.7 Å². The van der Waals surface area contributed by atoms with Gasteiger partial charge in [-0.25, -0.2) is 17.5 Å². The molecular formula is C12H16BrFN2O3S. The van der Waals surface area contributed by atoms with Crippen LogP contribution < -0.4 is 10.5 Å². The van der Waals surface area contributed by atoms with Crippen molar-refractivity contribution in [3.8, 4) is 0 Å². The van der Waals surface area contributed by atoms with E-state index in [1.165, 1.54) is 12.1 Å². The van der Waals surface area contributed by atoms with Gasteiger partial charge in [0.2, 0.25) is 10.0 Å². The highest BCUT2D eigenvalue weighted by atomic mass is 79.9. The van der Waals surface area contributed by atoms with Crippen LogP contribution in [0.1, 0.15) is 18.9 Å². The number of halogens is 2. The molecule has 0 saturated carbocycles. The van der Waals surface area contributed by atoms with Gasteiger partial charge in [-0.1, -0.05) is 15.9 Å². The molecule has 0 bridgehead atoms. The lowest BCUT2D eigenvalue weighted by Gasteiger charge is -2.17. The molecule has 1 aromatic carbocycles. The molecule has 1 fully saturated rings. The molecule has 112 valence electrons. The Kier molecular flexibility index (Phi) is 4.80. The van der Waals surface area contributed by atoms with Crippen LogP contribution in [0.4, 0.5) is 4.39 Å². The second-order valence-electron chi connectivity index (χ2n) is 4.67. The third-order valence-electron chi connectivity index (χ3n) is 3.27. The Morgan fingerprint density at radius 2 is 2.25 bits per heavy atom. The van der Waals surface area contributed by atoms with Crippen LogP contribution in [-0.4, -0.2) is 27.2 Å². The van der Waals surface area contributed by atoms with Gasteiger partial charge < -0.3 is 10.5 Å². The van der Waals surface area contributed by atoms with Crippen LogP contribution in [0.15, 0.2) is 21.5 Å². The van der Waals surface area contributed by atoms with Crippen LogP contribution in [0, 0.1) is 5.82 Å². The first-order valence-electron chi connectivity index (χ1n) is 6.17. The van der Waals surface area contributed by atoms with Crippen LogP contribution >= 0.6 is 15.9 Å². The summed E-state index contributed by atoms with van der Waals surface area (Å²) in [5, 5.41) is 0. The Hall–Kier alpha value is -0.540. The zero-order valence-electron chi connectivity index (χ0n) is 10.9. The molecule has 2 atom stereocenters. The number of hydrogen-bond donors (Lipinski definition) is 2. The minimum absolute atomic E-state index is 0.0727. The number of ether oxygens (including phenoxy) is 1. The van der Waals surface area contributed by atoms with Crippen molar-refractivity contribution in [2.45, 2.75) is 36.9 Å². The molecule has 0 spiro atoms. The summed E-state index contributed by atoms with van der Waals surface area (Å²) in [6, 6.07) is 2.35. The molecule has 1 aliphatic rings. The van der Waals surface area contributed by atoms with Crippen LogP contribution in [0.5, 0.6) is 0 Å². The molecular weight excluding hydrogens is 351 g/mol. The van der Waals surface area contributed by atoms with Crippen LogP contribution in [0.25, 0.3) is 0 Å². The number of nitrogens with one attached hydrogen (secondary N) is 1. The SMILES string of the molecule is CC1OCCC1NS(=O)(=O)c1cc(Br)cc(CN)c1F. The quantitative estimate of drug-likeness (QED) is 0.845. The zero-order valence-corrected chi connectivity index (χ0v) is 13.3. The van der Waals surface area contributed by atoms with E-state index >= 15 is 0 Å². The van der Waals surface area contributed by atoms with E-state index in [9.17, 15) is 12.8 Å². The van der Waals surface area contributed by atoms with Gasteiger partial charge in [0, 0.05) is 23.2 Å². The van der Waals surface area contributed by atoms with Gasteiger partial charge in [0.1, 0.15) is 10.7 Å². The molecule has 5 nitrogen and oxygen atoms in total. The summed E-state index contributed by atoms with van der Waals surface area (Å²) in [4.78, 5) is -0.397. The van der Waals surface area contributed by atoms with E-state index in [0.717, 1.165) is 0 Å². The first kappa shape index (κ1) is 15.8. The van der Waals surface area contributed by atoms with Gasteiger partial charge in [0.25, 0.3) is 0 Å². The highest BCUT2D eigenvalue weighted by Gasteiger charge is 2.31. The third-order valence-corrected chi connectivity index (χ3v) is 5.22. The van der Waals surface area contributed by atoms with E-state index in [1.54, 1.807) is 6.92 Å². The smallest absolute Gasteiger partial charge is 0.243 e. The van der Waals surface area contributed by atoms with Gasteiger partial charge in [-0.2, -0.15) is 0 Å². The summed E-state index contributed by atoms with van der Waals surface area (Å²) in [5.41, 5.74) is 5.57. The molecule has 1 aromatic rings. The molecule has 20 heavy (non-hydrogen) atoms. The zero-order chi connectivity index (χ0) is 14.9. The second kappa shape index (κ2) is 6.07. The lowest BCUT2D eigenvalue weighted by molar-refractivity contribution is 0.117. The topological polar surface area (TPSA) is 81.4 Å². The summed E-state index contributed by atoms with van der Waals surface area (Å²) < 4.78 is 47.0. The predicted octanol–water partition coefficient (Wildman–Crippen LogP) is 1.50. The number of sulfonamides is 1. The maximum Gasteiger partial charge on any atom is 0.243 e. The van der Waals surface area contributed by atoms with E-state index in [2.05, 4.69) is 20.7 Å². The fourth-order valence-corrected chi connectivity index (χ4v) is 4.25. The summed E-state index contributed by atoms with van der Waals surface area (Å²) in [7, 11) is -3.95. The van der Waals surface area contributed by atoms with E-state index in [0.29, 0.717) is 17.5 Å². The predicted molar refractivity (Wildman–Crippen MR) is 76.1 cm³/mol. The maximum atomic E-state index is 14.2. The molecule has 0 amide bonds. The van der Waals surface area contributed by atoms with Crippen LogP contribution in [0.3, 0.4) is 0 Å². The number of hydrogen-bond acceptors (Lipinski definition) is 4. The average Bonchev–Trinajstić information content (AvgIpc) is 2.76. The van der Waals surface area contributed by atoms with Gasteiger partial charge >= 0.3 is 0 Å². The molecule has 0 radical (unpaired) electrons. The third kappa shape index (κ3) is 3.20. The Bertz CT molecular complexity index is 609. The maximum absolute atomic E-state index is 14.2. The Morgan fingerprint density at radius 3 is 2.80 bits per heavy atom. The van der Waals surface area contributed by atoms with Crippen molar-refractivity contribution in [3.05, 3.63) is 28.0 Å². The molecule has 2 rings (SSSR count). The number of benzene rings is 1. The van der Waals surface area contributed by atoms with E-state index in [4.69, 9.17) is 10.5 Å². The first-order valence-corrected chi connectivity index (χ1v) is 8.44. The lowest BCUT2D eigenvalue weighted by Crippen LogP contribution is -2.39. The largest absolute Gasteiger partial charge is 0.377 e. The van der Waals surface area contributed by atoms with Crippen molar-refractivity contribution in [2.24, 2.45) is 5.73 Å². The van der Waals surface area contributed by atoms with Crippen molar-refractivity contribution in [1.29, 1.82) is 0 Å². The molecule has 1 aliphatic heterocycles. The molecule has 1 saturated heterocycles. The van der Waals surface area contributed by atoms with Gasteiger partial charge in [-0.3, -0.25) is 0 Å². The summed E-state index contributed by atoms with van der Waals surface area (Å²) in [5.74, 6) is -0.810. The van der Waals surface area contributed by atoms with Crippen LogP contribution in [0.2, 0.25) is 0 Å². The Balaban J connectivity index is 2.36. The minimum Gasteiger partial charge on any atom is -0.377 e. The van der Waals surface area contributed by atoms with E-state index in [-0.39, 0.29) is 24.3 Å². The molecule has 1 heterocycles. The summed E-state index contributed by atoms with van der Waals surface area (Å²) in [6.45, 7) is 2.20. The van der Waals surface area contributed by atoms with Gasteiger partial charge in [-0.05, 0) is 25.5 Å². The molecule has 3 N–H and O–H groups in total. The first-order chi connectivity index (χ1) is 9.35. The Labute approximate surface area is 125 Å². The summed E-state index contributed by atoms with van der Waals surface area (Å²) >= 11 is 3.17. The van der Waals surface area contributed by atoms with Crippen LogP contribution in [-0.2, 0) is 21.3 Å². The van der Waals surface area contributed by atoms with Crippen molar-refractivity contribution in [1.82, 2.24) is 4.72 Å². The van der Waals surface area contributed by atoms with Crippen molar-refractivity contribution >= 4 is 26.0 Å². The highest BCUT2D eigenvalue weighted by molar-refractivity contribution is 9.10.